The molecule has 29 heavy (non-hydrogen) atoms. The minimum atomic E-state index is -0.281. The van der Waals surface area contributed by atoms with Crippen molar-refractivity contribution in [3.05, 3.63) is 24.3 Å². The molecule has 1 aromatic rings. The van der Waals surface area contributed by atoms with E-state index in [1.54, 1.807) is 24.3 Å². The maximum absolute atomic E-state index is 13.1. The molecular weight excluding hydrogens is 502 g/mol. The third kappa shape index (κ3) is 3.69. The van der Waals surface area contributed by atoms with Gasteiger partial charge >= 0.3 is 5.97 Å². The fourth-order valence-electron chi connectivity index (χ4n) is 5.17. The summed E-state index contributed by atoms with van der Waals surface area (Å²) in [7, 11) is 0. The van der Waals surface area contributed by atoms with E-state index < -0.39 is 0 Å². The summed E-state index contributed by atoms with van der Waals surface area (Å²) in [6.07, 6.45) is 5.32. The number of fused-ring (bicyclic) bond motifs is 5. The van der Waals surface area contributed by atoms with Crippen molar-refractivity contribution in [2.24, 2.45) is 23.7 Å². The minimum Gasteiger partial charge on any atom is -0.426 e. The monoisotopic (exact) mass is 525 g/mol. The molecule has 0 spiro atoms. The molecule has 3 aliphatic rings. The summed E-state index contributed by atoms with van der Waals surface area (Å²) < 4.78 is 5.44. The molecule has 0 N–H and O–H groups in total. The van der Waals surface area contributed by atoms with E-state index in [2.05, 4.69) is 38.8 Å². The topological polar surface area (TPSA) is 63.7 Å². The summed E-state index contributed by atoms with van der Waals surface area (Å²) in [5, 5.41) is 0. The van der Waals surface area contributed by atoms with Gasteiger partial charge in [0, 0.05) is 22.1 Å². The number of rotatable bonds is 7. The number of halogens is 2. The van der Waals surface area contributed by atoms with Gasteiger partial charge in [-0.2, -0.15) is 0 Å². The lowest BCUT2D eigenvalue weighted by Crippen LogP contribution is -2.37. The molecule has 6 atom stereocenters. The standard InChI is InChI=1S/C22H25Br2NO4/c1-2-3-4-5-9-16(26)29-13-8-6-7-12(10-13)25-21(27)17-14-11-15(18(17)22(25)28)20(24)19(14)23/h6-8,10,14-15,17-20H,2-5,9,11H2,1H3/t14-,15+,17-,18+,19-,20+. The summed E-state index contributed by atoms with van der Waals surface area (Å²) in [6, 6.07) is 6.76. The number of alkyl halides is 2. The molecule has 2 bridgehead atoms. The SMILES string of the molecule is CCCCCCC(=O)Oc1cccc(N2C(=O)[C@@H]3[C@H]4C[C@H]([C@H](Br)[C@@H]4Br)[C@@H]3C2=O)c1. The van der Waals surface area contributed by atoms with Crippen molar-refractivity contribution < 1.29 is 19.1 Å². The summed E-state index contributed by atoms with van der Waals surface area (Å²) in [5.41, 5.74) is 0.488. The van der Waals surface area contributed by atoms with Crippen molar-refractivity contribution in [3.63, 3.8) is 0 Å². The van der Waals surface area contributed by atoms with E-state index in [-0.39, 0.29) is 51.1 Å². The lowest BCUT2D eigenvalue weighted by Gasteiger charge is -2.28. The number of amides is 2. The lowest BCUT2D eigenvalue weighted by atomic mass is 9.81. The zero-order valence-corrected chi connectivity index (χ0v) is 19.5. The van der Waals surface area contributed by atoms with Crippen LogP contribution in [0.3, 0.4) is 0 Å². The van der Waals surface area contributed by atoms with Crippen LogP contribution in [0, 0.1) is 23.7 Å². The fourth-order valence-corrected chi connectivity index (χ4v) is 7.04. The number of hydrogen-bond acceptors (Lipinski definition) is 4. The molecule has 0 aromatic heterocycles. The maximum Gasteiger partial charge on any atom is 0.311 e. The summed E-state index contributed by atoms with van der Waals surface area (Å²) >= 11 is 7.41. The fraction of sp³-hybridized carbons (Fsp3) is 0.591. The van der Waals surface area contributed by atoms with Crippen molar-refractivity contribution in [3.8, 4) is 5.75 Å². The Bertz CT molecular complexity index is 797. The number of benzene rings is 1. The third-order valence-corrected chi connectivity index (χ3v) is 9.74. The van der Waals surface area contributed by atoms with Crippen LogP contribution in [0.15, 0.2) is 24.3 Å². The van der Waals surface area contributed by atoms with E-state index in [0.29, 0.717) is 17.9 Å². The van der Waals surface area contributed by atoms with Gasteiger partial charge < -0.3 is 4.74 Å². The highest BCUT2D eigenvalue weighted by Crippen LogP contribution is 2.60. The van der Waals surface area contributed by atoms with Crippen LogP contribution in [0.5, 0.6) is 5.75 Å². The molecule has 1 heterocycles. The highest BCUT2D eigenvalue weighted by atomic mass is 79.9. The van der Waals surface area contributed by atoms with Gasteiger partial charge in [0.25, 0.3) is 0 Å². The van der Waals surface area contributed by atoms with Gasteiger partial charge in [-0.15, -0.1) is 0 Å². The van der Waals surface area contributed by atoms with Gasteiger partial charge in [-0.05, 0) is 36.8 Å². The smallest absolute Gasteiger partial charge is 0.311 e. The van der Waals surface area contributed by atoms with E-state index in [1.165, 1.54) is 4.90 Å². The van der Waals surface area contributed by atoms with E-state index in [1.807, 2.05) is 0 Å². The number of nitrogens with zero attached hydrogens (tertiary/aromatic N) is 1. The molecular formula is C22H25Br2NO4. The van der Waals surface area contributed by atoms with Crippen LogP contribution < -0.4 is 9.64 Å². The van der Waals surface area contributed by atoms with Crippen LogP contribution in [0.4, 0.5) is 5.69 Å². The summed E-state index contributed by atoms with van der Waals surface area (Å²) in [4.78, 5) is 40.1. The Balaban J connectivity index is 1.47. The number of anilines is 1. The molecule has 2 amide bonds. The number of carbonyl (C=O) groups is 3. The Morgan fingerprint density at radius 1 is 1.07 bits per heavy atom. The molecule has 5 nitrogen and oxygen atoms in total. The Morgan fingerprint density at radius 2 is 1.72 bits per heavy atom. The Kier molecular flexibility index (Phi) is 6.17. The number of imide groups is 1. The van der Waals surface area contributed by atoms with Crippen LogP contribution >= 0.6 is 31.9 Å². The highest BCUT2D eigenvalue weighted by molar-refractivity contribution is 9.12. The maximum atomic E-state index is 13.1. The van der Waals surface area contributed by atoms with E-state index in [0.717, 1.165) is 32.1 Å². The average Bonchev–Trinajstić information content (AvgIpc) is 3.30. The zero-order valence-electron chi connectivity index (χ0n) is 16.4. The van der Waals surface area contributed by atoms with Crippen molar-refractivity contribution in [1.29, 1.82) is 0 Å². The van der Waals surface area contributed by atoms with Crippen LogP contribution in [0.2, 0.25) is 0 Å². The highest BCUT2D eigenvalue weighted by Gasteiger charge is 2.66. The van der Waals surface area contributed by atoms with Crippen LogP contribution in [0.1, 0.15) is 45.4 Å². The second-order valence-corrected chi connectivity index (χ2v) is 10.4. The first-order chi connectivity index (χ1) is 13.9. The van der Waals surface area contributed by atoms with Gasteiger partial charge in [0.1, 0.15) is 5.75 Å². The first-order valence-corrected chi connectivity index (χ1v) is 12.2. The number of unbranched alkanes of at least 4 members (excludes halogenated alkanes) is 3. The molecule has 1 aromatic carbocycles. The molecule has 2 aliphatic carbocycles. The van der Waals surface area contributed by atoms with Gasteiger partial charge in [0.05, 0.1) is 17.5 Å². The molecule has 7 heteroatoms. The summed E-state index contributed by atoms with van der Waals surface area (Å²) in [6.45, 7) is 2.13. The van der Waals surface area contributed by atoms with Crippen molar-refractivity contribution >= 4 is 55.3 Å². The normalized spacial score (nSPS) is 32.7. The number of esters is 1. The van der Waals surface area contributed by atoms with Crippen molar-refractivity contribution in [2.45, 2.75) is 55.1 Å². The molecule has 3 fully saturated rings. The van der Waals surface area contributed by atoms with Gasteiger partial charge in [-0.3, -0.25) is 14.4 Å². The second kappa shape index (κ2) is 8.50. The van der Waals surface area contributed by atoms with Crippen molar-refractivity contribution in [1.82, 2.24) is 0 Å². The van der Waals surface area contributed by atoms with Crippen LogP contribution in [-0.4, -0.2) is 27.4 Å². The zero-order chi connectivity index (χ0) is 20.7. The van der Waals surface area contributed by atoms with Gasteiger partial charge in [-0.1, -0.05) is 64.1 Å². The first-order valence-electron chi connectivity index (χ1n) is 10.4. The Hall–Kier alpha value is -1.21. The number of ether oxygens (including phenoxy) is 1. The molecule has 1 aliphatic heterocycles. The van der Waals surface area contributed by atoms with Crippen molar-refractivity contribution in [2.75, 3.05) is 4.90 Å². The quantitative estimate of drug-likeness (QED) is 0.167. The lowest BCUT2D eigenvalue weighted by molar-refractivity contribution is -0.134. The van der Waals surface area contributed by atoms with E-state index >= 15 is 0 Å². The predicted molar refractivity (Wildman–Crippen MR) is 117 cm³/mol. The summed E-state index contributed by atoms with van der Waals surface area (Å²) in [5.74, 6) is -0.304. The Labute approximate surface area is 187 Å². The molecule has 0 unspecified atom stereocenters. The molecule has 1 saturated heterocycles. The Morgan fingerprint density at radius 3 is 2.34 bits per heavy atom. The van der Waals surface area contributed by atoms with Crippen LogP contribution in [-0.2, 0) is 14.4 Å². The average molecular weight is 527 g/mol. The molecule has 2 saturated carbocycles. The number of carbonyl (C=O) groups excluding carboxylic acids is 3. The van der Waals surface area contributed by atoms with Gasteiger partial charge in [0.15, 0.2) is 0 Å². The molecule has 0 radical (unpaired) electrons. The van der Waals surface area contributed by atoms with Gasteiger partial charge in [0.2, 0.25) is 11.8 Å². The molecule has 4 rings (SSSR count). The van der Waals surface area contributed by atoms with E-state index in [4.69, 9.17) is 4.74 Å². The number of hydrogen-bond donors (Lipinski definition) is 0. The largest absolute Gasteiger partial charge is 0.426 e. The second-order valence-electron chi connectivity index (χ2n) is 8.30. The minimum absolute atomic E-state index is 0.126. The molecule has 156 valence electrons. The third-order valence-electron chi connectivity index (χ3n) is 6.53. The van der Waals surface area contributed by atoms with E-state index in [9.17, 15) is 14.4 Å². The predicted octanol–water partition coefficient (Wildman–Crippen LogP) is 4.84. The first kappa shape index (κ1) is 21.0. The van der Waals surface area contributed by atoms with Gasteiger partial charge in [-0.25, -0.2) is 4.90 Å². The van der Waals surface area contributed by atoms with Crippen LogP contribution in [0.25, 0.3) is 0 Å².